The summed E-state index contributed by atoms with van der Waals surface area (Å²) in [4.78, 5) is 35.4. The summed E-state index contributed by atoms with van der Waals surface area (Å²) in [5.41, 5.74) is 9.23. The number of hydrazine groups is 1. The van der Waals surface area contributed by atoms with Gasteiger partial charge < -0.3 is 11.1 Å². The molecule has 0 atom stereocenters. The Hall–Kier alpha value is -3.77. The van der Waals surface area contributed by atoms with Crippen LogP contribution in [0.3, 0.4) is 0 Å². The molecule has 3 rings (SSSR count). The predicted octanol–water partition coefficient (Wildman–Crippen LogP) is 0.459. The molecule has 0 saturated carbocycles. The highest BCUT2D eigenvalue weighted by molar-refractivity contribution is 7.89. The molecule has 12 heteroatoms. The maximum absolute atomic E-state index is 12.7. The number of hydrogen-bond acceptors (Lipinski definition) is 8. The van der Waals surface area contributed by atoms with Crippen LogP contribution in [-0.2, 0) is 27.9 Å². The Morgan fingerprint density at radius 2 is 1.84 bits per heavy atom. The first-order valence-electron chi connectivity index (χ1n) is 9.55. The van der Waals surface area contributed by atoms with Crippen LogP contribution >= 0.6 is 0 Å². The maximum atomic E-state index is 12.7. The molecule has 1 aromatic carbocycles. The van der Waals surface area contributed by atoms with E-state index >= 15 is 0 Å². The molecule has 0 bridgehead atoms. The highest BCUT2D eigenvalue weighted by atomic mass is 32.2. The van der Waals surface area contributed by atoms with E-state index in [2.05, 4.69) is 25.5 Å². The third-order valence-electron chi connectivity index (χ3n) is 4.61. The second kappa shape index (κ2) is 9.58. The van der Waals surface area contributed by atoms with Crippen molar-refractivity contribution in [3.05, 3.63) is 76.0 Å². The fourth-order valence-electron chi connectivity index (χ4n) is 2.82. The average molecular weight is 458 g/mol. The highest BCUT2D eigenvalue weighted by Gasteiger charge is 2.16. The number of nitrogens with zero attached hydrogens (tertiary/aromatic N) is 3. The van der Waals surface area contributed by atoms with Crippen molar-refractivity contribution in [2.24, 2.45) is 0 Å². The van der Waals surface area contributed by atoms with Crippen LogP contribution < -0.4 is 26.9 Å². The first kappa shape index (κ1) is 22.9. The highest BCUT2D eigenvalue weighted by Crippen LogP contribution is 2.08. The Bertz CT molecular complexity index is 1290. The molecule has 0 spiro atoms. The first-order chi connectivity index (χ1) is 15.2. The summed E-state index contributed by atoms with van der Waals surface area (Å²) in [7, 11) is -3.91. The van der Waals surface area contributed by atoms with Crippen LogP contribution in [0.15, 0.2) is 58.4 Å². The summed E-state index contributed by atoms with van der Waals surface area (Å²) in [6, 6.07) is 11.1. The summed E-state index contributed by atoms with van der Waals surface area (Å²) in [6.45, 7) is 3.35. The van der Waals surface area contributed by atoms with Crippen molar-refractivity contribution in [3.63, 3.8) is 0 Å². The second-order valence-electron chi connectivity index (χ2n) is 6.94. The van der Waals surface area contributed by atoms with Gasteiger partial charge in [0.05, 0.1) is 4.90 Å². The fraction of sp³-hybridized carbons (Fsp3) is 0.200. The monoisotopic (exact) mass is 457 g/mol. The number of aryl methyl sites for hydroxylation is 2. The first-order valence-corrected chi connectivity index (χ1v) is 11.0. The molecule has 0 fully saturated rings. The summed E-state index contributed by atoms with van der Waals surface area (Å²) in [6.07, 6.45) is 1.36. The minimum absolute atomic E-state index is 0.0202. The van der Waals surface area contributed by atoms with Gasteiger partial charge in [0.2, 0.25) is 11.7 Å². The lowest BCUT2D eigenvalue weighted by Crippen LogP contribution is -2.38. The van der Waals surface area contributed by atoms with E-state index in [-0.39, 0.29) is 23.8 Å². The molecule has 11 nitrogen and oxygen atoms in total. The van der Waals surface area contributed by atoms with Crippen LogP contribution in [0, 0.1) is 13.8 Å². The number of rotatable bonds is 8. The van der Waals surface area contributed by atoms with Gasteiger partial charge in [-0.15, -0.1) is 4.83 Å². The minimum Gasteiger partial charge on any atom is -0.384 e. The molecule has 2 aromatic heterocycles. The molecule has 0 aliphatic heterocycles. The molecule has 5 N–H and O–H groups in total. The molecular formula is C20H23N7O4S. The molecule has 32 heavy (non-hydrogen) atoms. The van der Waals surface area contributed by atoms with E-state index in [1.54, 1.807) is 44.2 Å². The summed E-state index contributed by atoms with van der Waals surface area (Å²) < 4.78 is 25.8. The number of pyridine rings is 1. The SMILES string of the molecule is Cc1nc(N)ccc1CNC(=O)Cn1c(C)cnc(NNS(=O)(=O)c2ccccc2)c1=O. The Labute approximate surface area is 184 Å². The second-order valence-corrected chi connectivity index (χ2v) is 8.62. The number of amides is 1. The molecule has 0 aliphatic carbocycles. The number of hydrogen-bond donors (Lipinski definition) is 4. The number of nitrogens with one attached hydrogen (secondary N) is 3. The van der Waals surface area contributed by atoms with Gasteiger partial charge in [0, 0.05) is 24.1 Å². The van der Waals surface area contributed by atoms with E-state index in [1.807, 2.05) is 0 Å². The van der Waals surface area contributed by atoms with Crippen LogP contribution in [0.1, 0.15) is 17.0 Å². The molecule has 0 saturated heterocycles. The number of anilines is 2. The van der Waals surface area contributed by atoms with Gasteiger partial charge in [-0.05, 0) is 37.6 Å². The quantitative estimate of drug-likeness (QED) is 0.355. The van der Waals surface area contributed by atoms with Crippen molar-refractivity contribution >= 4 is 27.6 Å². The number of sulfonamides is 1. The van der Waals surface area contributed by atoms with E-state index in [4.69, 9.17) is 5.73 Å². The molecule has 3 aromatic rings. The van der Waals surface area contributed by atoms with E-state index in [0.717, 1.165) is 5.56 Å². The lowest BCUT2D eigenvalue weighted by molar-refractivity contribution is -0.121. The van der Waals surface area contributed by atoms with Crippen LogP contribution in [0.25, 0.3) is 0 Å². The van der Waals surface area contributed by atoms with E-state index in [0.29, 0.717) is 17.2 Å². The summed E-state index contributed by atoms with van der Waals surface area (Å²) in [5.74, 6) is -0.283. The predicted molar refractivity (Wildman–Crippen MR) is 119 cm³/mol. The number of nitrogen functional groups attached to an aromatic ring is 1. The molecule has 0 aliphatic rings. The van der Waals surface area contributed by atoms with Gasteiger partial charge in [0.15, 0.2) is 0 Å². The van der Waals surface area contributed by atoms with Crippen LogP contribution in [-0.4, -0.2) is 28.9 Å². The zero-order chi connectivity index (χ0) is 23.3. The fourth-order valence-corrected chi connectivity index (χ4v) is 3.68. The number of aromatic nitrogens is 3. The minimum atomic E-state index is -3.91. The zero-order valence-corrected chi connectivity index (χ0v) is 18.3. The van der Waals surface area contributed by atoms with Gasteiger partial charge in [-0.1, -0.05) is 24.3 Å². The summed E-state index contributed by atoms with van der Waals surface area (Å²) in [5, 5.41) is 2.73. The van der Waals surface area contributed by atoms with Gasteiger partial charge in [-0.25, -0.2) is 18.4 Å². The number of nitrogens with two attached hydrogens (primary N) is 1. The number of benzene rings is 1. The average Bonchev–Trinajstić information content (AvgIpc) is 2.76. The van der Waals surface area contributed by atoms with Crippen molar-refractivity contribution in [1.29, 1.82) is 0 Å². The van der Waals surface area contributed by atoms with Gasteiger partial charge in [0.1, 0.15) is 12.4 Å². The van der Waals surface area contributed by atoms with Gasteiger partial charge >= 0.3 is 0 Å². The number of carbonyl (C=O) groups is 1. The van der Waals surface area contributed by atoms with E-state index in [1.165, 1.54) is 22.9 Å². The molecule has 1 amide bonds. The molecule has 0 unspecified atom stereocenters. The molecule has 2 heterocycles. The van der Waals surface area contributed by atoms with Crippen molar-refractivity contribution in [2.75, 3.05) is 11.2 Å². The third-order valence-corrected chi connectivity index (χ3v) is 5.87. The topological polar surface area (TPSA) is 161 Å². The number of carbonyl (C=O) groups excluding carboxylic acids is 1. The van der Waals surface area contributed by atoms with Gasteiger partial charge in [-0.3, -0.25) is 19.6 Å². The Morgan fingerprint density at radius 3 is 2.53 bits per heavy atom. The standard InChI is InChI=1S/C20H23N7O4S/c1-13-10-23-19(25-26-32(30,31)16-6-4-3-5-7-16)20(29)27(13)12-18(28)22-11-15-8-9-17(21)24-14(15)2/h3-10,26H,11-12H2,1-2H3,(H2,21,24)(H,22,28)(H,23,25). The Balaban J connectivity index is 1.69. The van der Waals surface area contributed by atoms with Crippen molar-refractivity contribution in [1.82, 2.24) is 24.7 Å². The van der Waals surface area contributed by atoms with Crippen molar-refractivity contribution in [2.45, 2.75) is 31.8 Å². The molecule has 168 valence electrons. The van der Waals surface area contributed by atoms with Crippen LogP contribution in [0.2, 0.25) is 0 Å². The Morgan fingerprint density at radius 1 is 1.12 bits per heavy atom. The third kappa shape index (κ3) is 5.47. The maximum Gasteiger partial charge on any atom is 0.295 e. The van der Waals surface area contributed by atoms with Crippen LogP contribution in [0.5, 0.6) is 0 Å². The van der Waals surface area contributed by atoms with Gasteiger partial charge in [0.25, 0.3) is 15.6 Å². The van der Waals surface area contributed by atoms with Crippen molar-refractivity contribution in [3.8, 4) is 0 Å². The Kier molecular flexibility index (Phi) is 6.85. The largest absolute Gasteiger partial charge is 0.384 e. The van der Waals surface area contributed by atoms with Crippen molar-refractivity contribution < 1.29 is 13.2 Å². The van der Waals surface area contributed by atoms with E-state index < -0.39 is 21.5 Å². The molecule has 0 radical (unpaired) electrons. The normalized spacial score (nSPS) is 11.2. The van der Waals surface area contributed by atoms with E-state index in [9.17, 15) is 18.0 Å². The summed E-state index contributed by atoms with van der Waals surface area (Å²) >= 11 is 0. The molecular weight excluding hydrogens is 434 g/mol. The van der Waals surface area contributed by atoms with Crippen LogP contribution in [0.4, 0.5) is 11.6 Å². The lowest BCUT2D eigenvalue weighted by atomic mass is 10.2. The smallest absolute Gasteiger partial charge is 0.295 e. The lowest BCUT2D eigenvalue weighted by Gasteiger charge is -2.13. The zero-order valence-electron chi connectivity index (χ0n) is 17.5. The van der Waals surface area contributed by atoms with Gasteiger partial charge in [-0.2, -0.15) is 0 Å².